The zero-order chi connectivity index (χ0) is 20.2. The van der Waals surface area contributed by atoms with Gasteiger partial charge in [-0.25, -0.2) is 0 Å². The molecule has 1 atom stereocenters. The van der Waals surface area contributed by atoms with Crippen molar-refractivity contribution in [3.8, 4) is 0 Å². The van der Waals surface area contributed by atoms with Crippen LogP contribution < -0.4 is 0 Å². The van der Waals surface area contributed by atoms with Crippen molar-refractivity contribution in [2.75, 3.05) is 39.4 Å². The van der Waals surface area contributed by atoms with Crippen LogP contribution in [0.1, 0.15) is 28.6 Å². The topological polar surface area (TPSA) is 83.2 Å². The average molecular weight is 396 g/mol. The number of carbonyl (C=O) groups is 2. The van der Waals surface area contributed by atoms with Gasteiger partial charge in [-0.05, 0) is 24.1 Å². The number of rotatable bonds is 7. The lowest BCUT2D eigenvalue weighted by molar-refractivity contribution is -0.129. The van der Waals surface area contributed by atoms with Gasteiger partial charge in [-0.1, -0.05) is 30.3 Å². The molecular weight excluding hydrogens is 372 g/mol. The van der Waals surface area contributed by atoms with Crippen LogP contribution in [0, 0.1) is 0 Å². The molecule has 1 aromatic carbocycles. The molecule has 2 aliphatic rings. The van der Waals surface area contributed by atoms with E-state index in [2.05, 4.69) is 4.90 Å². The van der Waals surface area contributed by atoms with Crippen molar-refractivity contribution in [2.24, 2.45) is 0 Å². The first-order valence-electron chi connectivity index (χ1n) is 9.84. The fourth-order valence-electron chi connectivity index (χ4n) is 3.93. The fraction of sp³-hybridized carbons (Fsp3) is 0.364. The number of aliphatic hydroxyl groups is 1. The summed E-state index contributed by atoms with van der Waals surface area (Å²) in [7, 11) is 0. The number of Topliss-reactive ketones (excluding diaryl/α,β-unsaturated/α-hetero) is 1. The Morgan fingerprint density at radius 2 is 1.83 bits per heavy atom. The number of hydrogen-bond acceptors (Lipinski definition) is 6. The molecule has 1 aromatic heterocycles. The molecule has 0 radical (unpaired) electrons. The van der Waals surface area contributed by atoms with Gasteiger partial charge in [0.2, 0.25) is 5.78 Å². The first kappa shape index (κ1) is 19.4. The van der Waals surface area contributed by atoms with Crippen LogP contribution in [-0.4, -0.2) is 66.0 Å². The molecule has 152 valence electrons. The number of nitrogens with zero attached hydrogens (tertiary/aromatic N) is 2. The van der Waals surface area contributed by atoms with Crippen LogP contribution in [0.2, 0.25) is 0 Å². The van der Waals surface area contributed by atoms with Crippen LogP contribution in [0.25, 0.3) is 0 Å². The molecule has 2 aliphatic heterocycles. The summed E-state index contributed by atoms with van der Waals surface area (Å²) in [6, 6.07) is 11.8. The summed E-state index contributed by atoms with van der Waals surface area (Å²) in [4.78, 5) is 29.7. The second-order valence-electron chi connectivity index (χ2n) is 7.19. The Kier molecular flexibility index (Phi) is 5.78. The van der Waals surface area contributed by atoms with Crippen LogP contribution in [0.4, 0.5) is 0 Å². The third-order valence-electron chi connectivity index (χ3n) is 5.39. The maximum absolute atomic E-state index is 13.0. The average Bonchev–Trinajstić information content (AvgIpc) is 3.38. The number of carbonyl (C=O) groups excluding carboxylic acids is 2. The molecule has 1 amide bonds. The summed E-state index contributed by atoms with van der Waals surface area (Å²) in [6.07, 6.45) is 2.14. The highest BCUT2D eigenvalue weighted by Crippen LogP contribution is 2.39. The molecule has 29 heavy (non-hydrogen) atoms. The van der Waals surface area contributed by atoms with E-state index >= 15 is 0 Å². The van der Waals surface area contributed by atoms with Gasteiger partial charge in [0.1, 0.15) is 0 Å². The lowest BCUT2D eigenvalue weighted by atomic mass is 9.95. The van der Waals surface area contributed by atoms with Crippen molar-refractivity contribution in [1.29, 1.82) is 0 Å². The van der Waals surface area contributed by atoms with E-state index in [0.717, 1.165) is 44.8 Å². The number of benzene rings is 1. The Labute approximate surface area is 169 Å². The molecule has 0 spiro atoms. The van der Waals surface area contributed by atoms with Crippen molar-refractivity contribution >= 4 is 11.7 Å². The molecule has 0 unspecified atom stereocenters. The van der Waals surface area contributed by atoms with Crippen LogP contribution in [-0.2, 0) is 9.53 Å². The quantitative estimate of drug-likeness (QED) is 0.725. The predicted molar refractivity (Wildman–Crippen MR) is 105 cm³/mol. The number of morpholine rings is 1. The van der Waals surface area contributed by atoms with Gasteiger partial charge in [-0.15, -0.1) is 0 Å². The fourth-order valence-corrected chi connectivity index (χ4v) is 3.93. The van der Waals surface area contributed by atoms with E-state index in [1.807, 2.05) is 30.3 Å². The summed E-state index contributed by atoms with van der Waals surface area (Å²) < 4.78 is 10.6. The minimum atomic E-state index is -0.633. The van der Waals surface area contributed by atoms with Crippen molar-refractivity contribution in [3.63, 3.8) is 0 Å². The van der Waals surface area contributed by atoms with Gasteiger partial charge in [0.05, 0.1) is 31.1 Å². The van der Waals surface area contributed by atoms with Gasteiger partial charge in [0.15, 0.2) is 11.5 Å². The number of aliphatic hydroxyl groups excluding tert-OH is 1. The summed E-state index contributed by atoms with van der Waals surface area (Å²) in [5, 5.41) is 10.6. The molecule has 0 aliphatic carbocycles. The molecule has 3 heterocycles. The van der Waals surface area contributed by atoms with E-state index in [1.54, 1.807) is 11.0 Å². The molecule has 2 aromatic rings. The summed E-state index contributed by atoms with van der Waals surface area (Å²) in [6.45, 7) is 4.47. The largest absolute Gasteiger partial charge is 0.503 e. The van der Waals surface area contributed by atoms with E-state index in [0.29, 0.717) is 6.54 Å². The van der Waals surface area contributed by atoms with E-state index in [9.17, 15) is 14.7 Å². The van der Waals surface area contributed by atoms with E-state index in [4.69, 9.17) is 9.15 Å². The highest BCUT2D eigenvalue weighted by Gasteiger charge is 2.44. The first-order chi connectivity index (χ1) is 14.2. The molecule has 7 heteroatoms. The zero-order valence-corrected chi connectivity index (χ0v) is 16.1. The van der Waals surface area contributed by atoms with Gasteiger partial charge in [-0.2, -0.15) is 0 Å². The molecular formula is C22H24N2O5. The van der Waals surface area contributed by atoms with Crippen LogP contribution >= 0.6 is 0 Å². The second-order valence-corrected chi connectivity index (χ2v) is 7.19. The maximum atomic E-state index is 13.0. The molecule has 0 saturated carbocycles. The normalized spacial score (nSPS) is 20.5. The SMILES string of the molecule is O=C(C1=C(O)C(=O)N(CCCN2CCOCC2)[C@@H]1c1ccccc1)c1ccco1. The minimum absolute atomic E-state index is 0.0718. The molecule has 7 nitrogen and oxygen atoms in total. The Morgan fingerprint density at radius 3 is 2.52 bits per heavy atom. The van der Waals surface area contributed by atoms with Crippen molar-refractivity contribution in [2.45, 2.75) is 12.5 Å². The van der Waals surface area contributed by atoms with Gasteiger partial charge < -0.3 is 19.2 Å². The van der Waals surface area contributed by atoms with Crippen LogP contribution in [0.5, 0.6) is 0 Å². The number of hydrogen-bond donors (Lipinski definition) is 1. The highest BCUT2D eigenvalue weighted by atomic mass is 16.5. The highest BCUT2D eigenvalue weighted by molar-refractivity contribution is 6.14. The van der Waals surface area contributed by atoms with Gasteiger partial charge in [-0.3, -0.25) is 14.5 Å². The summed E-state index contributed by atoms with van der Waals surface area (Å²) >= 11 is 0. The Morgan fingerprint density at radius 1 is 1.07 bits per heavy atom. The first-order valence-corrected chi connectivity index (χ1v) is 9.84. The molecule has 0 bridgehead atoms. The van der Waals surface area contributed by atoms with E-state index in [1.165, 1.54) is 12.3 Å². The van der Waals surface area contributed by atoms with Crippen molar-refractivity contribution in [1.82, 2.24) is 9.80 Å². The van der Waals surface area contributed by atoms with Gasteiger partial charge in [0, 0.05) is 26.2 Å². The number of furan rings is 1. The summed E-state index contributed by atoms with van der Waals surface area (Å²) in [5.41, 5.74) is 0.855. The zero-order valence-electron chi connectivity index (χ0n) is 16.1. The lowest BCUT2D eigenvalue weighted by Crippen LogP contribution is -2.39. The molecule has 4 rings (SSSR count). The molecule has 1 saturated heterocycles. The minimum Gasteiger partial charge on any atom is -0.503 e. The van der Waals surface area contributed by atoms with Crippen molar-refractivity contribution in [3.05, 3.63) is 71.4 Å². The summed E-state index contributed by atoms with van der Waals surface area (Å²) in [5.74, 6) is -1.37. The predicted octanol–water partition coefficient (Wildman–Crippen LogP) is 2.58. The molecule has 1 N–H and O–H groups in total. The Hall–Kier alpha value is -2.90. The number of ether oxygens (including phenoxy) is 1. The van der Waals surface area contributed by atoms with Crippen molar-refractivity contribution < 1.29 is 23.8 Å². The third kappa shape index (κ3) is 3.97. The monoisotopic (exact) mass is 396 g/mol. The standard InChI is InChI=1S/C22H24N2O5/c25-20(17-8-4-13-29-17)18-19(16-6-2-1-3-7-16)24(22(27)21(18)26)10-5-9-23-11-14-28-15-12-23/h1-4,6-8,13,19,26H,5,9-12,14-15H2/t19-/m1/s1. The van der Waals surface area contributed by atoms with E-state index in [-0.39, 0.29) is 11.3 Å². The smallest absolute Gasteiger partial charge is 0.290 e. The van der Waals surface area contributed by atoms with E-state index < -0.39 is 23.5 Å². The van der Waals surface area contributed by atoms with Gasteiger partial charge in [0.25, 0.3) is 5.91 Å². The maximum Gasteiger partial charge on any atom is 0.290 e. The number of amides is 1. The number of ketones is 1. The van der Waals surface area contributed by atoms with Crippen LogP contribution in [0.15, 0.2) is 64.5 Å². The Balaban J connectivity index is 1.57. The third-order valence-corrected chi connectivity index (χ3v) is 5.39. The Bertz CT molecular complexity index is 885. The lowest BCUT2D eigenvalue weighted by Gasteiger charge is -2.29. The second kappa shape index (κ2) is 8.63. The molecule has 1 fully saturated rings. The van der Waals surface area contributed by atoms with Crippen LogP contribution in [0.3, 0.4) is 0 Å². The van der Waals surface area contributed by atoms with Gasteiger partial charge >= 0.3 is 0 Å².